The standard InChI is InChI=1S/C9H15N/c1-6(2)9-4-8(9)5-10-7(9)3/h7-8,10H,1,4-5H2,2-3H3/t7-,8?,9-/m1/s1. The van der Waals surface area contributed by atoms with Gasteiger partial charge in [0.05, 0.1) is 0 Å². The molecule has 1 saturated carbocycles. The highest BCUT2D eigenvalue weighted by molar-refractivity contribution is 5.28. The smallest absolute Gasteiger partial charge is 0.0136 e. The molecule has 0 aromatic heterocycles. The van der Waals surface area contributed by atoms with Gasteiger partial charge in [0.15, 0.2) is 0 Å². The SMILES string of the molecule is C=C(C)[C@@]12CC1CN[C@@H]2C. The normalized spacial score (nSPS) is 50.6. The van der Waals surface area contributed by atoms with Gasteiger partial charge in [0.2, 0.25) is 0 Å². The monoisotopic (exact) mass is 137 g/mol. The predicted octanol–water partition coefficient (Wildman–Crippen LogP) is 1.56. The molecule has 1 heterocycles. The van der Waals surface area contributed by atoms with Crippen LogP contribution in [0.4, 0.5) is 0 Å². The Morgan fingerprint density at radius 3 is 2.60 bits per heavy atom. The Morgan fingerprint density at radius 2 is 2.40 bits per heavy atom. The molecular weight excluding hydrogens is 122 g/mol. The minimum atomic E-state index is 0.514. The van der Waals surface area contributed by atoms with Gasteiger partial charge in [-0.25, -0.2) is 0 Å². The van der Waals surface area contributed by atoms with Gasteiger partial charge in [0.1, 0.15) is 0 Å². The lowest BCUT2D eigenvalue weighted by Gasteiger charge is -2.19. The van der Waals surface area contributed by atoms with Gasteiger partial charge in [-0.15, -0.1) is 0 Å². The minimum absolute atomic E-state index is 0.514. The first-order valence-corrected chi connectivity index (χ1v) is 4.07. The molecule has 0 bridgehead atoms. The fraction of sp³-hybridized carbons (Fsp3) is 0.778. The van der Waals surface area contributed by atoms with Gasteiger partial charge >= 0.3 is 0 Å². The largest absolute Gasteiger partial charge is 0.313 e. The van der Waals surface area contributed by atoms with Crippen LogP contribution in [0.5, 0.6) is 0 Å². The highest BCUT2D eigenvalue weighted by Crippen LogP contribution is 2.62. The molecule has 0 radical (unpaired) electrons. The van der Waals surface area contributed by atoms with Crippen LogP contribution < -0.4 is 5.32 Å². The molecule has 1 saturated heterocycles. The maximum atomic E-state index is 4.06. The quantitative estimate of drug-likeness (QED) is 0.541. The summed E-state index contributed by atoms with van der Waals surface area (Å²) in [5.41, 5.74) is 1.90. The van der Waals surface area contributed by atoms with E-state index in [0.29, 0.717) is 11.5 Å². The third kappa shape index (κ3) is 0.523. The molecule has 56 valence electrons. The van der Waals surface area contributed by atoms with Crippen LogP contribution in [0.3, 0.4) is 0 Å². The number of rotatable bonds is 1. The summed E-state index contributed by atoms with van der Waals surface area (Å²) in [5, 5.41) is 3.48. The number of hydrogen-bond donors (Lipinski definition) is 1. The summed E-state index contributed by atoms with van der Waals surface area (Å²) in [7, 11) is 0. The predicted molar refractivity (Wildman–Crippen MR) is 42.8 cm³/mol. The van der Waals surface area contributed by atoms with Gasteiger partial charge in [0.25, 0.3) is 0 Å². The van der Waals surface area contributed by atoms with Crippen LogP contribution in [-0.4, -0.2) is 12.6 Å². The van der Waals surface area contributed by atoms with Crippen molar-refractivity contribution < 1.29 is 0 Å². The van der Waals surface area contributed by atoms with Crippen LogP contribution in [0.15, 0.2) is 12.2 Å². The van der Waals surface area contributed by atoms with Crippen molar-refractivity contribution in [2.75, 3.05) is 6.54 Å². The first kappa shape index (κ1) is 6.41. The fourth-order valence-corrected chi connectivity index (χ4v) is 2.53. The number of piperidine rings is 1. The zero-order chi connectivity index (χ0) is 7.35. The van der Waals surface area contributed by atoms with E-state index < -0.39 is 0 Å². The van der Waals surface area contributed by atoms with E-state index in [1.807, 2.05) is 0 Å². The fourth-order valence-electron chi connectivity index (χ4n) is 2.53. The van der Waals surface area contributed by atoms with Crippen molar-refractivity contribution in [1.82, 2.24) is 5.32 Å². The highest BCUT2D eigenvalue weighted by Gasteiger charge is 2.61. The van der Waals surface area contributed by atoms with Crippen LogP contribution in [0.1, 0.15) is 20.3 Å². The molecule has 1 N–H and O–H groups in total. The molecule has 0 aromatic rings. The molecule has 0 aromatic carbocycles. The molecule has 1 unspecified atom stereocenters. The van der Waals surface area contributed by atoms with E-state index in [1.165, 1.54) is 18.5 Å². The summed E-state index contributed by atoms with van der Waals surface area (Å²) in [6, 6.07) is 0.676. The van der Waals surface area contributed by atoms with Gasteiger partial charge in [-0.05, 0) is 32.7 Å². The van der Waals surface area contributed by atoms with Crippen LogP contribution >= 0.6 is 0 Å². The molecule has 2 fully saturated rings. The van der Waals surface area contributed by atoms with Gasteiger partial charge in [-0.3, -0.25) is 0 Å². The molecule has 1 aliphatic heterocycles. The molecule has 2 rings (SSSR count). The van der Waals surface area contributed by atoms with E-state index >= 15 is 0 Å². The molecule has 0 spiro atoms. The van der Waals surface area contributed by atoms with E-state index in [0.717, 1.165) is 5.92 Å². The average molecular weight is 137 g/mol. The van der Waals surface area contributed by atoms with Crippen LogP contribution in [-0.2, 0) is 0 Å². The van der Waals surface area contributed by atoms with E-state index in [4.69, 9.17) is 0 Å². The first-order valence-electron chi connectivity index (χ1n) is 4.07. The second kappa shape index (κ2) is 1.65. The summed E-state index contributed by atoms with van der Waals surface area (Å²) in [4.78, 5) is 0. The van der Waals surface area contributed by atoms with Crippen molar-refractivity contribution in [3.8, 4) is 0 Å². The summed E-state index contributed by atoms with van der Waals surface area (Å²) in [5.74, 6) is 0.917. The second-order valence-corrected chi connectivity index (χ2v) is 3.85. The Kier molecular flexibility index (Phi) is 1.06. The number of fused-ring (bicyclic) bond motifs is 1. The number of hydrogen-bond acceptors (Lipinski definition) is 1. The maximum Gasteiger partial charge on any atom is 0.0136 e. The van der Waals surface area contributed by atoms with Crippen molar-refractivity contribution >= 4 is 0 Å². The van der Waals surface area contributed by atoms with E-state index in [9.17, 15) is 0 Å². The van der Waals surface area contributed by atoms with E-state index in [1.54, 1.807) is 0 Å². The average Bonchev–Trinajstić information content (AvgIpc) is 2.52. The highest BCUT2D eigenvalue weighted by atomic mass is 15.0. The van der Waals surface area contributed by atoms with Crippen molar-refractivity contribution in [2.45, 2.75) is 26.3 Å². The Labute approximate surface area is 62.5 Å². The van der Waals surface area contributed by atoms with Gasteiger partial charge < -0.3 is 5.32 Å². The summed E-state index contributed by atoms with van der Waals surface area (Å²) in [6.07, 6.45) is 1.39. The third-order valence-corrected chi connectivity index (χ3v) is 3.39. The molecule has 3 atom stereocenters. The molecule has 1 heteroatoms. The maximum absolute atomic E-state index is 4.06. The van der Waals surface area contributed by atoms with Crippen molar-refractivity contribution in [1.29, 1.82) is 0 Å². The number of nitrogens with one attached hydrogen (secondary N) is 1. The molecule has 0 amide bonds. The van der Waals surface area contributed by atoms with Gasteiger partial charge in [0, 0.05) is 11.5 Å². The minimum Gasteiger partial charge on any atom is -0.313 e. The zero-order valence-corrected chi connectivity index (χ0v) is 6.78. The van der Waals surface area contributed by atoms with Gasteiger partial charge in [-0.1, -0.05) is 12.2 Å². The van der Waals surface area contributed by atoms with E-state index in [2.05, 4.69) is 25.7 Å². The molecular formula is C9H15N. The van der Waals surface area contributed by atoms with Crippen molar-refractivity contribution in [3.05, 3.63) is 12.2 Å². The summed E-state index contributed by atoms with van der Waals surface area (Å²) in [6.45, 7) is 9.73. The third-order valence-electron chi connectivity index (χ3n) is 3.39. The Balaban J connectivity index is 2.25. The Morgan fingerprint density at radius 1 is 1.70 bits per heavy atom. The summed E-state index contributed by atoms with van der Waals surface area (Å²) >= 11 is 0. The zero-order valence-electron chi connectivity index (χ0n) is 6.78. The second-order valence-electron chi connectivity index (χ2n) is 3.85. The lowest BCUT2D eigenvalue weighted by atomic mass is 9.91. The summed E-state index contributed by atoms with van der Waals surface area (Å²) < 4.78 is 0. The lowest BCUT2D eigenvalue weighted by molar-refractivity contribution is 0.471. The van der Waals surface area contributed by atoms with Crippen LogP contribution in [0, 0.1) is 11.3 Å². The molecule has 1 aliphatic carbocycles. The molecule has 10 heavy (non-hydrogen) atoms. The van der Waals surface area contributed by atoms with Crippen LogP contribution in [0.2, 0.25) is 0 Å². The molecule has 2 aliphatic rings. The molecule has 1 nitrogen and oxygen atoms in total. The first-order chi connectivity index (χ1) is 4.68. The van der Waals surface area contributed by atoms with E-state index in [-0.39, 0.29) is 0 Å². The lowest BCUT2D eigenvalue weighted by Crippen LogP contribution is -2.28. The topological polar surface area (TPSA) is 12.0 Å². The van der Waals surface area contributed by atoms with Gasteiger partial charge in [-0.2, -0.15) is 0 Å². The van der Waals surface area contributed by atoms with Crippen molar-refractivity contribution in [2.24, 2.45) is 11.3 Å². The Hall–Kier alpha value is -0.300. The van der Waals surface area contributed by atoms with Crippen molar-refractivity contribution in [3.63, 3.8) is 0 Å². The van der Waals surface area contributed by atoms with Crippen LogP contribution in [0.25, 0.3) is 0 Å². The Bertz CT molecular complexity index is 185.